The van der Waals surface area contributed by atoms with E-state index < -0.39 is 12.0 Å². The predicted molar refractivity (Wildman–Crippen MR) is 148 cm³/mol. The third-order valence-electron chi connectivity index (χ3n) is 7.32. The quantitative estimate of drug-likeness (QED) is 0.339. The molecule has 0 radical (unpaired) electrons. The number of halogens is 1. The van der Waals surface area contributed by atoms with Crippen LogP contribution < -0.4 is 20.0 Å². The van der Waals surface area contributed by atoms with E-state index >= 15 is 0 Å². The van der Waals surface area contributed by atoms with Gasteiger partial charge in [0.2, 0.25) is 0 Å². The Balaban J connectivity index is 1.38. The number of rotatable bonds is 4. The summed E-state index contributed by atoms with van der Waals surface area (Å²) in [6.45, 7) is 0. The normalized spacial score (nSPS) is 16.2. The zero-order valence-electron chi connectivity index (χ0n) is 21.0. The van der Waals surface area contributed by atoms with Gasteiger partial charge in [0.1, 0.15) is 17.3 Å². The number of allylic oxidation sites excluding steroid dienone is 1. The van der Waals surface area contributed by atoms with Crippen molar-refractivity contribution >= 4 is 29.1 Å². The average Bonchev–Trinajstić information content (AvgIpc) is 3.56. The van der Waals surface area contributed by atoms with Gasteiger partial charge in [0.05, 0.1) is 22.2 Å². The molecule has 2 aliphatic rings. The fourth-order valence-corrected chi connectivity index (χ4v) is 6.49. The lowest BCUT2D eigenvalue weighted by molar-refractivity contribution is -0.255. The van der Waals surface area contributed by atoms with Crippen LogP contribution in [0.5, 0.6) is 0 Å². The van der Waals surface area contributed by atoms with Crippen LogP contribution in [-0.4, -0.2) is 10.5 Å². The number of aromatic carboxylic acids is 1. The fourth-order valence-electron chi connectivity index (χ4n) is 5.51. The lowest BCUT2D eigenvalue weighted by atomic mass is 9.83. The number of hydrogen-bond donors (Lipinski definition) is 0. The molecular formula is C32H20FN2O4S-. The van der Waals surface area contributed by atoms with E-state index in [9.17, 15) is 19.1 Å². The van der Waals surface area contributed by atoms with Crippen molar-refractivity contribution in [3.05, 3.63) is 144 Å². The van der Waals surface area contributed by atoms with E-state index in [2.05, 4.69) is 6.07 Å². The average molecular weight is 548 g/mol. The van der Waals surface area contributed by atoms with Gasteiger partial charge < -0.3 is 14.3 Å². The second kappa shape index (κ2) is 9.43. The second-order valence-electron chi connectivity index (χ2n) is 9.74. The predicted octanol–water partition coefficient (Wildman–Crippen LogP) is 4.08. The number of aryl methyl sites for hydroxylation is 1. The van der Waals surface area contributed by atoms with Crippen molar-refractivity contribution in [3.8, 4) is 11.3 Å². The van der Waals surface area contributed by atoms with E-state index in [4.69, 9.17) is 9.41 Å². The highest BCUT2D eigenvalue weighted by molar-refractivity contribution is 7.07. The Bertz CT molecular complexity index is 2050. The number of furan rings is 1. The van der Waals surface area contributed by atoms with Crippen molar-refractivity contribution in [2.75, 3.05) is 0 Å². The molecule has 3 heterocycles. The van der Waals surface area contributed by atoms with Gasteiger partial charge in [0.25, 0.3) is 5.56 Å². The summed E-state index contributed by atoms with van der Waals surface area (Å²) in [5.41, 5.74) is 5.17. The van der Waals surface area contributed by atoms with Crippen molar-refractivity contribution in [3.63, 3.8) is 0 Å². The first-order chi connectivity index (χ1) is 19.5. The number of thiazole rings is 1. The summed E-state index contributed by atoms with van der Waals surface area (Å²) in [7, 11) is 0. The number of fused-ring (bicyclic) bond motifs is 3. The molecule has 0 N–H and O–H groups in total. The second-order valence-corrected chi connectivity index (χ2v) is 10.7. The molecule has 2 aromatic heterocycles. The summed E-state index contributed by atoms with van der Waals surface area (Å²) in [4.78, 5) is 30.6. The molecule has 6 nitrogen and oxygen atoms in total. The highest BCUT2D eigenvalue weighted by atomic mass is 32.1. The summed E-state index contributed by atoms with van der Waals surface area (Å²) in [6.07, 6.45) is 3.19. The number of carboxylic acid groups (broad SMARTS) is 1. The zero-order chi connectivity index (χ0) is 27.4. The molecule has 0 spiro atoms. The minimum Gasteiger partial charge on any atom is -0.545 e. The first-order valence-electron chi connectivity index (χ1n) is 12.8. The summed E-state index contributed by atoms with van der Waals surface area (Å²) >= 11 is 1.26. The van der Waals surface area contributed by atoms with Crippen molar-refractivity contribution < 1.29 is 18.7 Å². The Morgan fingerprint density at radius 1 is 1.02 bits per heavy atom. The van der Waals surface area contributed by atoms with Gasteiger partial charge in [-0.1, -0.05) is 65.9 Å². The number of carbonyl (C=O) groups excluding carboxylic acids is 1. The Kier molecular flexibility index (Phi) is 5.71. The summed E-state index contributed by atoms with van der Waals surface area (Å²) in [5.74, 6) is -0.726. The van der Waals surface area contributed by atoms with Gasteiger partial charge in [0.15, 0.2) is 4.80 Å². The third-order valence-corrected chi connectivity index (χ3v) is 8.30. The SMILES string of the molecule is O=C([O-])c1cccc(-c2ccc(/C=c3/sc4n(c3=O)[C@H](c3cccc(F)c3)C3=C(N=4)c4ccccc4CC3)o2)c1. The van der Waals surface area contributed by atoms with Crippen LogP contribution in [0.15, 0.2) is 105 Å². The number of carboxylic acids is 1. The number of aromatic nitrogens is 1. The largest absolute Gasteiger partial charge is 0.545 e. The molecular weight excluding hydrogens is 527 g/mol. The van der Waals surface area contributed by atoms with Gasteiger partial charge in [0, 0.05) is 17.2 Å². The first kappa shape index (κ1) is 24.2. The minimum atomic E-state index is -1.27. The number of benzene rings is 3. The lowest BCUT2D eigenvalue weighted by Gasteiger charge is -2.30. The molecule has 8 heteroatoms. The number of hydrogen-bond acceptors (Lipinski definition) is 6. The first-order valence-corrected chi connectivity index (χ1v) is 13.6. The molecule has 0 bridgehead atoms. The van der Waals surface area contributed by atoms with E-state index in [1.165, 1.54) is 41.2 Å². The van der Waals surface area contributed by atoms with Crippen LogP contribution in [0.3, 0.4) is 0 Å². The maximum absolute atomic E-state index is 14.4. The van der Waals surface area contributed by atoms with Crippen LogP contribution in [0.1, 0.15) is 45.3 Å². The summed E-state index contributed by atoms with van der Waals surface area (Å²) in [5, 5.41) is 11.3. The molecule has 1 atom stereocenters. The molecule has 196 valence electrons. The van der Waals surface area contributed by atoms with Crippen molar-refractivity contribution in [1.29, 1.82) is 0 Å². The van der Waals surface area contributed by atoms with Crippen LogP contribution in [-0.2, 0) is 6.42 Å². The van der Waals surface area contributed by atoms with Gasteiger partial charge in [-0.2, -0.15) is 0 Å². The van der Waals surface area contributed by atoms with Crippen molar-refractivity contribution in [2.45, 2.75) is 18.9 Å². The topological polar surface area (TPSA) is 87.6 Å². The molecule has 0 fully saturated rings. The Morgan fingerprint density at radius 2 is 1.88 bits per heavy atom. The molecule has 0 saturated carbocycles. The Morgan fingerprint density at radius 3 is 2.73 bits per heavy atom. The van der Waals surface area contributed by atoms with Gasteiger partial charge >= 0.3 is 0 Å². The monoisotopic (exact) mass is 547 g/mol. The molecule has 5 aromatic rings. The van der Waals surface area contributed by atoms with E-state index in [0.717, 1.165) is 23.3 Å². The van der Waals surface area contributed by atoms with Crippen molar-refractivity contribution in [1.82, 2.24) is 4.57 Å². The maximum atomic E-state index is 14.4. The van der Waals surface area contributed by atoms with E-state index in [-0.39, 0.29) is 16.9 Å². The van der Waals surface area contributed by atoms with Crippen LogP contribution in [0.25, 0.3) is 23.1 Å². The highest BCUT2D eigenvalue weighted by Gasteiger charge is 2.32. The van der Waals surface area contributed by atoms with Crippen LogP contribution >= 0.6 is 11.3 Å². The number of nitrogens with zero attached hydrogens (tertiary/aromatic N) is 2. The highest BCUT2D eigenvalue weighted by Crippen LogP contribution is 2.41. The van der Waals surface area contributed by atoms with Gasteiger partial charge in [-0.05, 0) is 65.4 Å². The Hall–Kier alpha value is -4.82. The minimum absolute atomic E-state index is 0.0478. The molecule has 7 rings (SSSR count). The molecule has 40 heavy (non-hydrogen) atoms. The van der Waals surface area contributed by atoms with Crippen LogP contribution in [0.2, 0.25) is 0 Å². The zero-order valence-corrected chi connectivity index (χ0v) is 21.8. The lowest BCUT2D eigenvalue weighted by Crippen LogP contribution is -2.38. The molecule has 0 saturated heterocycles. The fraction of sp³-hybridized carbons (Fsp3) is 0.0938. The molecule has 1 aliphatic carbocycles. The summed E-state index contributed by atoms with van der Waals surface area (Å²) in [6, 6.07) is 23.8. The standard InChI is InChI=1S/C32H21FN2O4S/c33-22-9-4-7-20(16-22)29-25-13-11-18-5-1-2-10-24(18)28(25)34-32-35(29)30(36)27(40-32)17-23-12-14-26(39-23)19-6-3-8-21(15-19)31(37)38/h1-10,12,14-17,29H,11,13H2,(H,37,38)/p-1/b27-17+/t29-/m1/s1. The van der Waals surface area contributed by atoms with Crippen LogP contribution in [0.4, 0.5) is 4.39 Å². The van der Waals surface area contributed by atoms with Gasteiger partial charge in [-0.25, -0.2) is 9.38 Å². The molecule has 0 amide bonds. The van der Waals surface area contributed by atoms with Crippen molar-refractivity contribution in [2.24, 2.45) is 4.99 Å². The number of carbonyl (C=O) groups is 1. The van der Waals surface area contributed by atoms with E-state index in [0.29, 0.717) is 38.4 Å². The third kappa shape index (κ3) is 4.04. The smallest absolute Gasteiger partial charge is 0.271 e. The summed E-state index contributed by atoms with van der Waals surface area (Å²) < 4.78 is 22.4. The van der Waals surface area contributed by atoms with E-state index in [1.807, 2.05) is 24.3 Å². The van der Waals surface area contributed by atoms with Crippen LogP contribution in [0, 0.1) is 5.82 Å². The Labute approximate surface area is 231 Å². The van der Waals surface area contributed by atoms with E-state index in [1.54, 1.807) is 41.0 Å². The van der Waals surface area contributed by atoms with Gasteiger partial charge in [-0.15, -0.1) is 0 Å². The molecule has 1 aliphatic heterocycles. The van der Waals surface area contributed by atoms with Gasteiger partial charge in [-0.3, -0.25) is 9.36 Å². The molecule has 0 unspecified atom stereocenters. The maximum Gasteiger partial charge on any atom is 0.271 e. The molecule has 3 aromatic carbocycles.